The van der Waals surface area contributed by atoms with E-state index in [0.29, 0.717) is 5.75 Å². The van der Waals surface area contributed by atoms with Crippen LogP contribution in [0.15, 0.2) is 88.2 Å². The minimum absolute atomic E-state index is 0.331. The topological polar surface area (TPSA) is 46.5 Å². The van der Waals surface area contributed by atoms with Crippen molar-refractivity contribution in [1.29, 1.82) is 0 Å². The number of benzene rings is 3. The summed E-state index contributed by atoms with van der Waals surface area (Å²) < 4.78 is 6.36. The molecule has 0 radical (unpaired) electrons. The number of rotatable bonds is 8. The predicted octanol–water partition coefficient (Wildman–Crippen LogP) is 6.44. The van der Waals surface area contributed by atoms with Gasteiger partial charge in [-0.15, -0.1) is 11.8 Å². The van der Waals surface area contributed by atoms with Crippen molar-refractivity contribution in [3.63, 3.8) is 0 Å². The van der Waals surface area contributed by atoms with Gasteiger partial charge in [0.05, 0.1) is 0 Å². The van der Waals surface area contributed by atoms with Gasteiger partial charge in [-0.25, -0.2) is 4.79 Å². The fourth-order valence-electron chi connectivity index (χ4n) is 2.91. The first-order valence-electron chi connectivity index (χ1n) is 9.13. The summed E-state index contributed by atoms with van der Waals surface area (Å²) >= 11 is 5.40. The van der Waals surface area contributed by atoms with Crippen LogP contribution in [0.25, 0.3) is 5.57 Å². The van der Waals surface area contributed by atoms with E-state index in [-0.39, 0.29) is 6.61 Å². The zero-order valence-electron chi connectivity index (χ0n) is 16.0. The summed E-state index contributed by atoms with van der Waals surface area (Å²) in [6.07, 6.45) is 2.24. The van der Waals surface area contributed by atoms with Crippen LogP contribution in [0.1, 0.15) is 16.7 Å². The van der Waals surface area contributed by atoms with Crippen molar-refractivity contribution in [3.8, 4) is 5.75 Å². The van der Waals surface area contributed by atoms with Gasteiger partial charge in [-0.2, -0.15) is 0 Å². The van der Waals surface area contributed by atoms with Crippen molar-refractivity contribution in [2.45, 2.75) is 11.8 Å². The minimum atomic E-state index is -0.978. The van der Waals surface area contributed by atoms with Crippen molar-refractivity contribution < 1.29 is 14.6 Å². The van der Waals surface area contributed by atoms with Crippen LogP contribution in [-0.2, 0) is 4.79 Å². The van der Waals surface area contributed by atoms with Crippen LogP contribution in [0.2, 0.25) is 0 Å². The second-order valence-corrected chi connectivity index (χ2v) is 8.33. The molecule has 3 aromatic carbocycles. The van der Waals surface area contributed by atoms with Gasteiger partial charge in [-0.1, -0.05) is 70.5 Å². The first-order chi connectivity index (χ1) is 14.0. The van der Waals surface area contributed by atoms with Crippen LogP contribution >= 0.6 is 27.7 Å². The molecule has 0 saturated carbocycles. The van der Waals surface area contributed by atoms with Gasteiger partial charge in [0.15, 0.2) is 6.61 Å². The molecular formula is C24H21BrO3S. The molecule has 0 aliphatic rings. The highest BCUT2D eigenvalue weighted by molar-refractivity contribution is 9.10. The Hall–Kier alpha value is -2.50. The summed E-state index contributed by atoms with van der Waals surface area (Å²) in [4.78, 5) is 11.8. The molecule has 0 aliphatic carbocycles. The Labute approximate surface area is 183 Å². The van der Waals surface area contributed by atoms with Crippen molar-refractivity contribution >= 4 is 39.2 Å². The molecule has 29 heavy (non-hydrogen) atoms. The molecule has 3 aromatic rings. The van der Waals surface area contributed by atoms with Crippen LogP contribution in [-0.4, -0.2) is 23.4 Å². The standard InChI is InChI=1S/C24H21BrO3S/c1-17-15-19(11-12-23(17)28-16-24(26)27)29-14-13-20(18-7-3-2-4-8-18)21-9-5-6-10-22(21)25/h2-13,15H,14,16H2,1H3,(H,26,27)/b20-13-. The second-order valence-electron chi connectivity index (χ2n) is 6.38. The monoisotopic (exact) mass is 468 g/mol. The van der Waals surface area contributed by atoms with Gasteiger partial charge in [0, 0.05) is 15.1 Å². The van der Waals surface area contributed by atoms with Crippen molar-refractivity contribution in [2.75, 3.05) is 12.4 Å². The summed E-state index contributed by atoms with van der Waals surface area (Å²) in [7, 11) is 0. The van der Waals surface area contributed by atoms with E-state index in [1.165, 1.54) is 11.1 Å². The zero-order chi connectivity index (χ0) is 20.6. The molecule has 1 N–H and O–H groups in total. The van der Waals surface area contributed by atoms with E-state index in [9.17, 15) is 4.79 Å². The smallest absolute Gasteiger partial charge is 0.341 e. The normalized spacial score (nSPS) is 11.3. The fourth-order valence-corrected chi connectivity index (χ4v) is 4.28. The van der Waals surface area contributed by atoms with Crippen LogP contribution in [0, 0.1) is 6.92 Å². The van der Waals surface area contributed by atoms with Gasteiger partial charge in [0.2, 0.25) is 0 Å². The van der Waals surface area contributed by atoms with Crippen LogP contribution in [0.4, 0.5) is 0 Å². The molecular weight excluding hydrogens is 448 g/mol. The minimum Gasteiger partial charge on any atom is -0.482 e. The van der Waals surface area contributed by atoms with E-state index in [1.807, 2.05) is 55.5 Å². The molecule has 0 fully saturated rings. The number of thioether (sulfide) groups is 1. The highest BCUT2D eigenvalue weighted by atomic mass is 79.9. The molecule has 3 nitrogen and oxygen atoms in total. The number of carbonyl (C=O) groups is 1. The van der Waals surface area contributed by atoms with E-state index in [0.717, 1.165) is 26.2 Å². The SMILES string of the molecule is Cc1cc(SC/C=C(/c2ccccc2)c2ccccc2Br)ccc1OCC(=O)O. The number of carboxylic acids is 1. The van der Waals surface area contributed by atoms with E-state index in [1.54, 1.807) is 11.8 Å². The molecule has 0 bridgehead atoms. The third-order valence-corrected chi connectivity index (χ3v) is 5.90. The highest BCUT2D eigenvalue weighted by Gasteiger charge is 2.09. The van der Waals surface area contributed by atoms with E-state index in [4.69, 9.17) is 9.84 Å². The molecule has 5 heteroatoms. The Bertz CT molecular complexity index is 1020. The van der Waals surface area contributed by atoms with E-state index in [2.05, 4.69) is 46.3 Å². The summed E-state index contributed by atoms with van der Waals surface area (Å²) in [5.74, 6) is 0.430. The van der Waals surface area contributed by atoms with Crippen molar-refractivity contribution in [1.82, 2.24) is 0 Å². The fraction of sp³-hybridized carbons (Fsp3) is 0.125. The molecule has 0 aliphatic heterocycles. The largest absolute Gasteiger partial charge is 0.482 e. The molecule has 0 saturated heterocycles. The average molecular weight is 469 g/mol. The third-order valence-electron chi connectivity index (χ3n) is 4.28. The van der Waals surface area contributed by atoms with Gasteiger partial charge < -0.3 is 9.84 Å². The Balaban J connectivity index is 1.78. The molecule has 0 aromatic heterocycles. The molecule has 0 atom stereocenters. The lowest BCUT2D eigenvalue weighted by Crippen LogP contribution is -2.09. The van der Waals surface area contributed by atoms with Gasteiger partial charge in [0.25, 0.3) is 0 Å². The third kappa shape index (κ3) is 5.99. The highest BCUT2D eigenvalue weighted by Crippen LogP contribution is 2.31. The summed E-state index contributed by atoms with van der Waals surface area (Å²) in [5.41, 5.74) is 4.44. The summed E-state index contributed by atoms with van der Waals surface area (Å²) in [6.45, 7) is 1.59. The maximum absolute atomic E-state index is 10.7. The molecule has 0 heterocycles. The van der Waals surface area contributed by atoms with Gasteiger partial charge in [0.1, 0.15) is 5.75 Å². The van der Waals surface area contributed by atoms with Gasteiger partial charge in [-0.05, 0) is 53.5 Å². The maximum Gasteiger partial charge on any atom is 0.341 e. The molecule has 148 valence electrons. The van der Waals surface area contributed by atoms with Gasteiger partial charge >= 0.3 is 5.97 Å². The molecule has 0 spiro atoms. The summed E-state index contributed by atoms with van der Waals surface area (Å²) in [6, 6.07) is 24.4. The number of hydrogen-bond acceptors (Lipinski definition) is 3. The van der Waals surface area contributed by atoms with Crippen LogP contribution in [0.3, 0.4) is 0 Å². The molecule has 3 rings (SSSR count). The van der Waals surface area contributed by atoms with E-state index >= 15 is 0 Å². The Morgan fingerprint density at radius 2 is 1.79 bits per heavy atom. The molecule has 0 amide bonds. The van der Waals surface area contributed by atoms with Crippen molar-refractivity contribution in [2.24, 2.45) is 0 Å². The predicted molar refractivity (Wildman–Crippen MR) is 123 cm³/mol. The van der Waals surface area contributed by atoms with E-state index < -0.39 is 5.97 Å². The number of ether oxygens (including phenoxy) is 1. The zero-order valence-corrected chi connectivity index (χ0v) is 18.4. The first-order valence-corrected chi connectivity index (χ1v) is 10.9. The number of aliphatic carboxylic acids is 1. The first kappa shape index (κ1) is 21.2. The average Bonchev–Trinajstić information content (AvgIpc) is 2.72. The van der Waals surface area contributed by atoms with Crippen LogP contribution in [0.5, 0.6) is 5.75 Å². The molecule has 0 unspecified atom stereocenters. The summed E-state index contributed by atoms with van der Waals surface area (Å²) in [5, 5.41) is 8.76. The Morgan fingerprint density at radius 1 is 1.07 bits per heavy atom. The number of halogens is 1. The van der Waals surface area contributed by atoms with Crippen molar-refractivity contribution in [3.05, 3.63) is 100 Å². The van der Waals surface area contributed by atoms with Gasteiger partial charge in [-0.3, -0.25) is 0 Å². The lowest BCUT2D eigenvalue weighted by molar-refractivity contribution is -0.139. The van der Waals surface area contributed by atoms with Crippen LogP contribution < -0.4 is 4.74 Å². The quantitative estimate of drug-likeness (QED) is 0.386. The number of aryl methyl sites for hydroxylation is 1. The number of hydrogen-bond donors (Lipinski definition) is 1. The Morgan fingerprint density at radius 3 is 2.48 bits per heavy atom. The Kier molecular flexibility index (Phi) is 7.55. The lowest BCUT2D eigenvalue weighted by Gasteiger charge is -2.11. The second kappa shape index (κ2) is 10.3. The lowest BCUT2D eigenvalue weighted by atomic mass is 9.98. The maximum atomic E-state index is 10.7. The number of carboxylic acid groups (broad SMARTS) is 1.